The normalized spacial score (nSPS) is 10.6. The van der Waals surface area contributed by atoms with Crippen LogP contribution in [0.1, 0.15) is 0 Å². The fraction of sp³-hybridized carbons (Fsp3) is 0.100. The second kappa shape index (κ2) is 3.66. The third-order valence-electron chi connectivity index (χ3n) is 2.12. The number of hydrogen-bond donors (Lipinski definition) is 1. The van der Waals surface area contributed by atoms with Gasteiger partial charge in [-0.1, -0.05) is 0 Å². The summed E-state index contributed by atoms with van der Waals surface area (Å²) in [7, 11) is 1.42. The first-order valence-corrected chi connectivity index (χ1v) is 4.98. The van der Waals surface area contributed by atoms with Gasteiger partial charge in [-0.05, 0) is 22.0 Å². The molecule has 2 rings (SSSR count). The number of fused-ring (bicyclic) bond motifs is 1. The molecule has 0 unspecified atom stereocenters. The molecule has 3 nitrogen and oxygen atoms in total. The lowest BCUT2D eigenvalue weighted by Crippen LogP contribution is -2.03. The number of hydrogen-bond acceptors (Lipinski definition) is 2. The Labute approximate surface area is 93.0 Å². The van der Waals surface area contributed by atoms with Gasteiger partial charge in [-0.3, -0.25) is 4.79 Å². The number of nitrogens with one attached hydrogen (secondary N) is 1. The van der Waals surface area contributed by atoms with E-state index < -0.39 is 5.82 Å². The van der Waals surface area contributed by atoms with Crippen LogP contribution in [0.3, 0.4) is 0 Å². The van der Waals surface area contributed by atoms with Crippen molar-refractivity contribution in [2.24, 2.45) is 0 Å². The lowest BCUT2D eigenvalue weighted by atomic mass is 10.2. The van der Waals surface area contributed by atoms with E-state index >= 15 is 0 Å². The van der Waals surface area contributed by atoms with E-state index in [0.717, 1.165) is 0 Å². The highest BCUT2D eigenvalue weighted by Gasteiger charge is 2.13. The van der Waals surface area contributed by atoms with E-state index in [1.165, 1.54) is 25.4 Å². The minimum atomic E-state index is -0.526. The summed E-state index contributed by atoms with van der Waals surface area (Å²) < 4.78 is 18.9. The van der Waals surface area contributed by atoms with Gasteiger partial charge in [0.2, 0.25) is 0 Å². The van der Waals surface area contributed by atoms with E-state index in [1.54, 1.807) is 0 Å². The van der Waals surface area contributed by atoms with Gasteiger partial charge in [0.1, 0.15) is 5.75 Å². The van der Waals surface area contributed by atoms with Crippen LogP contribution in [0.5, 0.6) is 5.75 Å². The van der Waals surface area contributed by atoms with E-state index in [0.29, 0.717) is 5.75 Å². The van der Waals surface area contributed by atoms with Crippen molar-refractivity contribution in [1.82, 2.24) is 4.98 Å². The van der Waals surface area contributed by atoms with Crippen LogP contribution in [-0.4, -0.2) is 12.1 Å². The number of ether oxygens (including phenoxy) is 1. The van der Waals surface area contributed by atoms with E-state index in [2.05, 4.69) is 20.9 Å². The molecule has 0 radical (unpaired) electrons. The molecular weight excluding hydrogens is 265 g/mol. The molecule has 5 heteroatoms. The minimum Gasteiger partial charge on any atom is -0.495 e. The second-order valence-corrected chi connectivity index (χ2v) is 3.76. The molecule has 0 bridgehead atoms. The number of halogens is 2. The minimum absolute atomic E-state index is 0.176. The largest absolute Gasteiger partial charge is 0.495 e. The Morgan fingerprint density at radius 1 is 1.53 bits per heavy atom. The molecular formula is C10H7BrFNO2. The number of benzene rings is 1. The van der Waals surface area contributed by atoms with Crippen molar-refractivity contribution >= 4 is 26.8 Å². The lowest BCUT2D eigenvalue weighted by Gasteiger charge is -2.06. The van der Waals surface area contributed by atoms with Crippen molar-refractivity contribution in [3.8, 4) is 5.75 Å². The van der Waals surface area contributed by atoms with Crippen molar-refractivity contribution in [2.45, 2.75) is 0 Å². The summed E-state index contributed by atoms with van der Waals surface area (Å²) in [4.78, 5) is 14.1. The Kier molecular flexibility index (Phi) is 2.48. The molecule has 2 aromatic rings. The predicted molar refractivity (Wildman–Crippen MR) is 58.8 cm³/mol. The Morgan fingerprint density at radius 3 is 2.93 bits per heavy atom. The Balaban J connectivity index is 2.97. The molecule has 0 atom stereocenters. The van der Waals surface area contributed by atoms with Crippen LogP contribution in [0, 0.1) is 5.82 Å². The number of aromatic nitrogens is 1. The predicted octanol–water partition coefficient (Wildman–Crippen LogP) is 2.44. The average molecular weight is 272 g/mol. The first-order valence-electron chi connectivity index (χ1n) is 4.18. The maximum Gasteiger partial charge on any atom is 0.189 e. The van der Waals surface area contributed by atoms with Crippen molar-refractivity contribution in [2.75, 3.05) is 7.11 Å². The molecule has 15 heavy (non-hydrogen) atoms. The molecule has 0 aliphatic heterocycles. The molecule has 0 aliphatic carbocycles. The standard InChI is InChI=1S/C10H7BrFNO2/c1-15-7-4-5-6(14)2-3-13-10(5)9(12)8(7)11/h2-4H,1H3,(H,13,14). The highest BCUT2D eigenvalue weighted by Crippen LogP contribution is 2.31. The molecule has 1 N–H and O–H groups in total. The second-order valence-electron chi connectivity index (χ2n) is 2.97. The molecule has 0 saturated carbocycles. The molecule has 1 aromatic carbocycles. The van der Waals surface area contributed by atoms with Gasteiger partial charge < -0.3 is 9.72 Å². The number of H-pyrrole nitrogens is 1. The number of pyridine rings is 1. The Morgan fingerprint density at radius 2 is 2.27 bits per heavy atom. The zero-order chi connectivity index (χ0) is 11.0. The fourth-order valence-electron chi connectivity index (χ4n) is 1.38. The van der Waals surface area contributed by atoms with Crippen LogP contribution in [0.2, 0.25) is 0 Å². The van der Waals surface area contributed by atoms with Crippen molar-refractivity contribution in [1.29, 1.82) is 0 Å². The zero-order valence-corrected chi connectivity index (χ0v) is 9.39. The highest BCUT2D eigenvalue weighted by atomic mass is 79.9. The topological polar surface area (TPSA) is 42.1 Å². The monoisotopic (exact) mass is 271 g/mol. The van der Waals surface area contributed by atoms with Crippen LogP contribution in [0.4, 0.5) is 4.39 Å². The first-order chi connectivity index (χ1) is 7.15. The quantitative estimate of drug-likeness (QED) is 0.866. The van der Waals surface area contributed by atoms with Gasteiger partial charge in [-0.2, -0.15) is 0 Å². The van der Waals surface area contributed by atoms with Gasteiger partial charge in [-0.25, -0.2) is 4.39 Å². The number of methoxy groups -OCH3 is 1. The molecule has 1 heterocycles. The Bertz CT molecular complexity index is 579. The van der Waals surface area contributed by atoms with Crippen molar-refractivity contribution in [3.05, 3.63) is 38.8 Å². The SMILES string of the molecule is COc1cc2c(=O)cc[nH]c2c(F)c1Br. The average Bonchev–Trinajstić information content (AvgIpc) is 2.24. The molecule has 78 valence electrons. The van der Waals surface area contributed by atoms with Crippen LogP contribution in [-0.2, 0) is 0 Å². The molecule has 0 spiro atoms. The molecule has 0 amide bonds. The number of aromatic amines is 1. The summed E-state index contributed by atoms with van der Waals surface area (Å²) in [5, 5.41) is 0.273. The van der Waals surface area contributed by atoms with Crippen LogP contribution >= 0.6 is 15.9 Å². The summed E-state index contributed by atoms with van der Waals surface area (Å²) in [6.07, 6.45) is 1.41. The van der Waals surface area contributed by atoms with Crippen LogP contribution < -0.4 is 10.2 Å². The van der Waals surface area contributed by atoms with E-state index in [-0.39, 0.29) is 20.8 Å². The summed E-state index contributed by atoms with van der Waals surface area (Å²) in [5.41, 5.74) is -0.0661. The molecule has 0 saturated heterocycles. The van der Waals surface area contributed by atoms with Gasteiger partial charge in [0.15, 0.2) is 11.2 Å². The van der Waals surface area contributed by atoms with Crippen LogP contribution in [0.15, 0.2) is 27.6 Å². The fourth-order valence-corrected chi connectivity index (χ4v) is 1.85. The van der Waals surface area contributed by atoms with Gasteiger partial charge in [0.05, 0.1) is 22.5 Å². The van der Waals surface area contributed by atoms with E-state index in [9.17, 15) is 9.18 Å². The van der Waals surface area contributed by atoms with Gasteiger partial charge in [-0.15, -0.1) is 0 Å². The van der Waals surface area contributed by atoms with Crippen LogP contribution in [0.25, 0.3) is 10.9 Å². The zero-order valence-electron chi connectivity index (χ0n) is 7.80. The van der Waals surface area contributed by atoms with Crippen molar-refractivity contribution in [3.63, 3.8) is 0 Å². The third kappa shape index (κ3) is 1.52. The summed E-state index contributed by atoms with van der Waals surface area (Å²) in [5.74, 6) is -0.223. The van der Waals surface area contributed by atoms with E-state index in [4.69, 9.17) is 4.74 Å². The molecule has 0 aliphatic rings. The van der Waals surface area contributed by atoms with Crippen molar-refractivity contribution < 1.29 is 9.13 Å². The maximum absolute atomic E-state index is 13.7. The Hall–Kier alpha value is -1.36. The molecule has 1 aromatic heterocycles. The van der Waals surface area contributed by atoms with E-state index in [1.807, 2.05) is 0 Å². The highest BCUT2D eigenvalue weighted by molar-refractivity contribution is 9.10. The van der Waals surface area contributed by atoms with Gasteiger partial charge in [0, 0.05) is 12.3 Å². The maximum atomic E-state index is 13.7. The van der Waals surface area contributed by atoms with Gasteiger partial charge in [0.25, 0.3) is 0 Å². The first kappa shape index (κ1) is 10.2. The molecule has 0 fully saturated rings. The third-order valence-corrected chi connectivity index (χ3v) is 2.86. The smallest absolute Gasteiger partial charge is 0.189 e. The number of rotatable bonds is 1. The lowest BCUT2D eigenvalue weighted by molar-refractivity contribution is 0.409. The summed E-state index contributed by atoms with van der Waals surface area (Å²) in [6, 6.07) is 2.84. The summed E-state index contributed by atoms with van der Waals surface area (Å²) >= 11 is 3.06. The summed E-state index contributed by atoms with van der Waals surface area (Å²) in [6.45, 7) is 0. The van der Waals surface area contributed by atoms with Gasteiger partial charge >= 0.3 is 0 Å².